The van der Waals surface area contributed by atoms with Crippen molar-refractivity contribution in [3.05, 3.63) is 48.0 Å². The summed E-state index contributed by atoms with van der Waals surface area (Å²) in [6.07, 6.45) is -4.30. The fourth-order valence-electron chi connectivity index (χ4n) is 2.44. The van der Waals surface area contributed by atoms with Crippen molar-refractivity contribution in [2.75, 3.05) is 0 Å². The topological polar surface area (TPSA) is 0 Å². The van der Waals surface area contributed by atoms with Crippen LogP contribution in [-0.2, 0) is 6.18 Å². The van der Waals surface area contributed by atoms with Gasteiger partial charge in [0.25, 0.3) is 0 Å². The van der Waals surface area contributed by atoms with Gasteiger partial charge in [0.2, 0.25) is 0 Å². The molecule has 0 saturated heterocycles. The van der Waals surface area contributed by atoms with Gasteiger partial charge in [-0.15, -0.1) is 22.7 Å². The fourth-order valence-corrected chi connectivity index (χ4v) is 5.02. The second-order valence-electron chi connectivity index (χ2n) is 4.57. The Morgan fingerprint density at radius 1 is 0.800 bits per heavy atom. The van der Waals surface area contributed by atoms with E-state index < -0.39 is 11.7 Å². The first-order valence-electron chi connectivity index (χ1n) is 5.95. The monoisotopic (exact) mass is 308 g/mol. The first-order chi connectivity index (χ1) is 9.54. The van der Waals surface area contributed by atoms with Crippen molar-refractivity contribution in [3.8, 4) is 0 Å². The lowest BCUT2D eigenvalue weighted by Gasteiger charge is -2.06. The summed E-state index contributed by atoms with van der Waals surface area (Å²) in [5, 5.41) is 2.70. The molecule has 0 aliphatic carbocycles. The Morgan fingerprint density at radius 2 is 1.50 bits per heavy atom. The summed E-state index contributed by atoms with van der Waals surface area (Å²) in [5.41, 5.74) is -0.583. The molecule has 0 atom stereocenters. The van der Waals surface area contributed by atoms with E-state index in [1.54, 1.807) is 28.7 Å². The van der Waals surface area contributed by atoms with Gasteiger partial charge in [0.1, 0.15) is 0 Å². The Kier molecular flexibility index (Phi) is 2.41. The van der Waals surface area contributed by atoms with Crippen LogP contribution in [0.2, 0.25) is 0 Å². The zero-order valence-electron chi connectivity index (χ0n) is 9.99. The molecule has 0 spiro atoms. The molecule has 4 rings (SSSR count). The van der Waals surface area contributed by atoms with Gasteiger partial charge in [0, 0.05) is 25.6 Å². The Balaban J connectivity index is 2.16. The van der Waals surface area contributed by atoms with Gasteiger partial charge in [-0.3, -0.25) is 0 Å². The van der Waals surface area contributed by atoms with E-state index in [4.69, 9.17) is 0 Å². The third kappa shape index (κ3) is 1.66. The highest BCUT2D eigenvalue weighted by molar-refractivity contribution is 7.44. The molecular weight excluding hydrogens is 301 g/mol. The zero-order chi connectivity index (χ0) is 13.9. The summed E-state index contributed by atoms with van der Waals surface area (Å²) in [5.74, 6) is 0. The van der Waals surface area contributed by atoms with Crippen LogP contribution in [0.1, 0.15) is 5.56 Å². The van der Waals surface area contributed by atoms with E-state index in [9.17, 15) is 13.2 Å². The maximum Gasteiger partial charge on any atom is 0.416 e. The molecule has 2 aromatic heterocycles. The summed E-state index contributed by atoms with van der Waals surface area (Å²) in [4.78, 5) is 0. The van der Waals surface area contributed by atoms with Crippen LogP contribution in [-0.4, -0.2) is 0 Å². The lowest BCUT2D eigenvalue weighted by atomic mass is 10.1. The Labute approximate surface area is 120 Å². The average Bonchev–Trinajstić information content (AvgIpc) is 2.91. The minimum absolute atomic E-state index is 0.583. The van der Waals surface area contributed by atoms with E-state index in [1.165, 1.54) is 6.07 Å². The number of halogens is 3. The zero-order valence-corrected chi connectivity index (χ0v) is 11.6. The average molecular weight is 308 g/mol. The summed E-state index contributed by atoms with van der Waals surface area (Å²) in [7, 11) is 0. The number of fused-ring (bicyclic) bond motifs is 5. The van der Waals surface area contributed by atoms with Gasteiger partial charge in [-0.25, -0.2) is 0 Å². The SMILES string of the molecule is FC(F)(F)c1ccc2sc3sc4ccccc4c3c2c1. The molecule has 0 saturated carbocycles. The molecule has 0 N–H and O–H groups in total. The van der Waals surface area contributed by atoms with Crippen LogP contribution in [0.15, 0.2) is 42.5 Å². The minimum Gasteiger partial charge on any atom is -0.166 e. The third-order valence-corrected chi connectivity index (χ3v) is 5.77. The second-order valence-corrected chi connectivity index (χ2v) is 6.93. The molecule has 100 valence electrons. The number of thiophene rings is 2. The molecule has 0 nitrogen and oxygen atoms in total. The molecule has 0 radical (unpaired) electrons. The Hall–Kier alpha value is -1.59. The molecule has 0 aliphatic rings. The molecule has 0 unspecified atom stereocenters. The molecule has 2 aromatic carbocycles. The van der Waals surface area contributed by atoms with Crippen LogP contribution in [0.5, 0.6) is 0 Å². The molecule has 0 bridgehead atoms. The molecule has 5 heteroatoms. The lowest BCUT2D eigenvalue weighted by Crippen LogP contribution is -2.03. The number of hydrogen-bond acceptors (Lipinski definition) is 2. The van der Waals surface area contributed by atoms with Crippen LogP contribution >= 0.6 is 22.7 Å². The van der Waals surface area contributed by atoms with E-state index >= 15 is 0 Å². The van der Waals surface area contributed by atoms with Crippen molar-refractivity contribution in [3.63, 3.8) is 0 Å². The maximum absolute atomic E-state index is 12.9. The van der Waals surface area contributed by atoms with E-state index in [2.05, 4.69) is 0 Å². The van der Waals surface area contributed by atoms with E-state index in [1.807, 2.05) is 24.3 Å². The predicted octanol–water partition coefficient (Wildman–Crippen LogP) is 6.29. The van der Waals surface area contributed by atoms with Crippen LogP contribution in [0.4, 0.5) is 13.2 Å². The van der Waals surface area contributed by atoms with Gasteiger partial charge in [0.15, 0.2) is 0 Å². The number of rotatable bonds is 0. The number of hydrogen-bond donors (Lipinski definition) is 0. The Morgan fingerprint density at radius 3 is 2.25 bits per heavy atom. The van der Waals surface area contributed by atoms with Gasteiger partial charge in [-0.2, -0.15) is 13.2 Å². The van der Waals surface area contributed by atoms with Crippen molar-refractivity contribution in [2.24, 2.45) is 0 Å². The third-order valence-electron chi connectivity index (χ3n) is 3.34. The van der Waals surface area contributed by atoms with Gasteiger partial charge in [-0.1, -0.05) is 18.2 Å². The highest BCUT2D eigenvalue weighted by Gasteiger charge is 2.31. The van der Waals surface area contributed by atoms with Gasteiger partial charge >= 0.3 is 6.18 Å². The maximum atomic E-state index is 12.9. The van der Waals surface area contributed by atoms with Gasteiger partial charge < -0.3 is 0 Å². The van der Waals surface area contributed by atoms with Crippen molar-refractivity contribution in [1.82, 2.24) is 0 Å². The van der Waals surface area contributed by atoms with E-state index in [-0.39, 0.29) is 0 Å². The smallest absolute Gasteiger partial charge is 0.166 e. The standard InChI is InChI=1S/C15H7F3S2/c16-15(17,18)8-5-6-12-10(7-8)13-9-3-1-2-4-11(9)19-14(13)20-12/h1-7H. The van der Waals surface area contributed by atoms with Gasteiger partial charge in [-0.05, 0) is 24.3 Å². The van der Waals surface area contributed by atoms with Crippen molar-refractivity contribution < 1.29 is 13.2 Å². The summed E-state index contributed by atoms with van der Waals surface area (Å²) in [6.45, 7) is 0. The molecular formula is C15H7F3S2. The van der Waals surface area contributed by atoms with Gasteiger partial charge in [0.05, 0.1) is 9.58 Å². The van der Waals surface area contributed by atoms with Crippen molar-refractivity contribution in [1.29, 1.82) is 0 Å². The van der Waals surface area contributed by atoms with Crippen LogP contribution < -0.4 is 0 Å². The summed E-state index contributed by atoms with van der Waals surface area (Å²) in [6, 6.07) is 11.9. The lowest BCUT2D eigenvalue weighted by molar-refractivity contribution is -0.137. The molecule has 20 heavy (non-hydrogen) atoms. The molecule has 0 fully saturated rings. The Bertz CT molecular complexity index is 944. The molecule has 4 aromatic rings. The first-order valence-corrected chi connectivity index (χ1v) is 7.58. The van der Waals surface area contributed by atoms with Crippen LogP contribution in [0.25, 0.3) is 29.6 Å². The van der Waals surface area contributed by atoms with Crippen LogP contribution in [0.3, 0.4) is 0 Å². The molecule has 2 heterocycles. The number of benzene rings is 2. The van der Waals surface area contributed by atoms with Crippen molar-refractivity contribution >= 4 is 52.2 Å². The van der Waals surface area contributed by atoms with E-state index in [0.717, 1.165) is 30.3 Å². The molecule has 0 amide bonds. The predicted molar refractivity (Wildman–Crippen MR) is 79.7 cm³/mol. The highest BCUT2D eigenvalue weighted by Crippen LogP contribution is 2.45. The normalized spacial score (nSPS) is 12.8. The van der Waals surface area contributed by atoms with Crippen LogP contribution in [0, 0.1) is 0 Å². The fraction of sp³-hybridized carbons (Fsp3) is 0.0667. The highest BCUT2D eigenvalue weighted by atomic mass is 32.2. The van der Waals surface area contributed by atoms with E-state index in [0.29, 0.717) is 5.39 Å². The second kappa shape index (κ2) is 3.96. The summed E-state index contributed by atoms with van der Waals surface area (Å²) >= 11 is 3.20. The van der Waals surface area contributed by atoms with Crippen molar-refractivity contribution in [2.45, 2.75) is 6.18 Å². The quantitative estimate of drug-likeness (QED) is 0.358. The summed E-state index contributed by atoms with van der Waals surface area (Å²) < 4.78 is 41.7. The number of alkyl halides is 3. The largest absolute Gasteiger partial charge is 0.416 e. The minimum atomic E-state index is -4.30. The molecule has 0 aliphatic heterocycles. The first kappa shape index (κ1) is 12.2.